The van der Waals surface area contributed by atoms with Crippen LogP contribution in [0.15, 0.2) is 36.5 Å². The van der Waals surface area contributed by atoms with Crippen molar-refractivity contribution in [2.45, 2.75) is 32.6 Å². The number of carbonyl (C=O) groups is 3. The number of benzene rings is 1. The quantitative estimate of drug-likeness (QED) is 0.180. The van der Waals surface area contributed by atoms with Gasteiger partial charge in [-0.15, -0.1) is 0 Å². The van der Waals surface area contributed by atoms with Crippen LogP contribution in [-0.4, -0.2) is 46.7 Å². The van der Waals surface area contributed by atoms with Crippen molar-refractivity contribution in [2.75, 3.05) is 13.2 Å². The number of para-hydroxylation sites is 1. The average molecular weight is 386 g/mol. The molecule has 3 N–H and O–H groups in total. The largest absolute Gasteiger partial charge is 0.338 e. The monoisotopic (exact) mass is 386 g/mol. The van der Waals surface area contributed by atoms with Crippen LogP contribution in [0.2, 0.25) is 0 Å². The summed E-state index contributed by atoms with van der Waals surface area (Å²) in [6, 6.07) is 8.99. The number of nitrogens with zero attached hydrogens (tertiary/aromatic N) is 2. The van der Waals surface area contributed by atoms with Crippen LogP contribution in [0, 0.1) is 5.92 Å². The number of hydrogen-bond acceptors (Lipinski definition) is 5. The van der Waals surface area contributed by atoms with E-state index in [4.69, 9.17) is 0 Å². The lowest BCUT2D eigenvalue weighted by Crippen LogP contribution is -2.43. The summed E-state index contributed by atoms with van der Waals surface area (Å²) in [6.07, 6.45) is 5.22. The molecule has 28 heavy (non-hydrogen) atoms. The molecule has 1 aromatic carbocycles. The Morgan fingerprint density at radius 3 is 2.75 bits per heavy atom. The number of hydrogen-bond donors (Lipinski definition) is 3. The van der Waals surface area contributed by atoms with Crippen molar-refractivity contribution < 1.29 is 19.6 Å². The van der Waals surface area contributed by atoms with Gasteiger partial charge in [0.25, 0.3) is 5.91 Å². The first-order valence-corrected chi connectivity index (χ1v) is 9.37. The Bertz CT molecular complexity index is 806. The first kappa shape index (κ1) is 21.3. The molecule has 0 radical (unpaired) electrons. The fourth-order valence-electron chi connectivity index (χ4n) is 2.95. The lowest BCUT2D eigenvalue weighted by atomic mass is 10.0. The second kappa shape index (κ2) is 11.0. The molecule has 0 aliphatic heterocycles. The van der Waals surface area contributed by atoms with Crippen molar-refractivity contribution in [1.82, 2.24) is 20.7 Å². The Hall–Kier alpha value is -3.00. The molecular formula is C20H26N4O4. The van der Waals surface area contributed by atoms with Crippen LogP contribution in [0.4, 0.5) is 0 Å². The summed E-state index contributed by atoms with van der Waals surface area (Å²) in [5.41, 5.74) is 1.02. The van der Waals surface area contributed by atoms with Gasteiger partial charge in [-0.05, 0) is 18.6 Å². The number of pyridine rings is 1. The normalized spacial score (nSPS) is 11.6. The van der Waals surface area contributed by atoms with Gasteiger partial charge in [0.05, 0.1) is 30.2 Å². The Balaban J connectivity index is 1.92. The van der Waals surface area contributed by atoms with Crippen molar-refractivity contribution >= 4 is 29.1 Å². The van der Waals surface area contributed by atoms with Crippen LogP contribution in [0.1, 0.15) is 43.0 Å². The molecule has 8 nitrogen and oxygen atoms in total. The molecular weight excluding hydrogens is 360 g/mol. The molecule has 0 aliphatic carbocycles. The van der Waals surface area contributed by atoms with Crippen molar-refractivity contribution in [1.29, 1.82) is 0 Å². The Labute approximate surface area is 163 Å². The third-order valence-electron chi connectivity index (χ3n) is 4.44. The van der Waals surface area contributed by atoms with Crippen LogP contribution in [-0.2, 0) is 9.59 Å². The molecule has 0 saturated heterocycles. The van der Waals surface area contributed by atoms with Gasteiger partial charge in [-0.2, -0.15) is 0 Å². The van der Waals surface area contributed by atoms with Gasteiger partial charge in [-0.1, -0.05) is 44.4 Å². The lowest BCUT2D eigenvalue weighted by molar-refractivity contribution is -0.154. The van der Waals surface area contributed by atoms with E-state index in [9.17, 15) is 19.6 Å². The molecule has 150 valence electrons. The van der Waals surface area contributed by atoms with Crippen LogP contribution in [0.3, 0.4) is 0 Å². The zero-order valence-electron chi connectivity index (χ0n) is 15.9. The summed E-state index contributed by atoms with van der Waals surface area (Å²) >= 11 is 0. The molecule has 0 saturated carbocycles. The van der Waals surface area contributed by atoms with Gasteiger partial charge in [0.2, 0.25) is 12.3 Å². The highest BCUT2D eigenvalue weighted by atomic mass is 16.5. The third kappa shape index (κ3) is 6.02. The maximum atomic E-state index is 12.4. The SMILES string of the molecule is CCCCC[C@@H](CN(O)C=O)C(=O)NCNC(=O)c1cccc2cccnc12. The minimum absolute atomic E-state index is 0.0579. The zero-order valence-corrected chi connectivity index (χ0v) is 15.9. The highest BCUT2D eigenvalue weighted by Gasteiger charge is 2.20. The predicted molar refractivity (Wildman–Crippen MR) is 104 cm³/mol. The van der Waals surface area contributed by atoms with Crippen molar-refractivity contribution in [3.8, 4) is 0 Å². The molecule has 1 atom stereocenters. The van der Waals surface area contributed by atoms with E-state index in [1.807, 2.05) is 12.1 Å². The average Bonchev–Trinajstić information content (AvgIpc) is 2.72. The molecule has 0 spiro atoms. The van der Waals surface area contributed by atoms with Gasteiger partial charge < -0.3 is 10.6 Å². The highest BCUT2D eigenvalue weighted by molar-refractivity contribution is 6.05. The van der Waals surface area contributed by atoms with Crippen LogP contribution in [0.25, 0.3) is 10.9 Å². The molecule has 2 aromatic rings. The van der Waals surface area contributed by atoms with Crippen molar-refractivity contribution in [2.24, 2.45) is 5.92 Å². The number of amides is 3. The van der Waals surface area contributed by atoms with Crippen LogP contribution in [0.5, 0.6) is 0 Å². The van der Waals surface area contributed by atoms with Gasteiger partial charge in [0.1, 0.15) is 0 Å². The maximum absolute atomic E-state index is 12.4. The Morgan fingerprint density at radius 2 is 2.00 bits per heavy atom. The zero-order chi connectivity index (χ0) is 20.4. The predicted octanol–water partition coefficient (Wildman–Crippen LogP) is 2.08. The molecule has 0 fully saturated rings. The smallest absolute Gasteiger partial charge is 0.254 e. The minimum atomic E-state index is -0.544. The Morgan fingerprint density at radius 1 is 1.21 bits per heavy atom. The van der Waals surface area contributed by atoms with Crippen molar-refractivity contribution in [3.05, 3.63) is 42.1 Å². The summed E-state index contributed by atoms with van der Waals surface area (Å²) in [6.45, 7) is 1.91. The van der Waals surface area contributed by atoms with E-state index in [1.165, 1.54) is 0 Å². The second-order valence-electron chi connectivity index (χ2n) is 6.52. The number of aromatic nitrogens is 1. The second-order valence-corrected chi connectivity index (χ2v) is 6.52. The van der Waals surface area contributed by atoms with Crippen LogP contribution < -0.4 is 10.6 Å². The number of carbonyl (C=O) groups excluding carboxylic acids is 3. The fraction of sp³-hybridized carbons (Fsp3) is 0.400. The molecule has 0 bridgehead atoms. The number of nitrogens with one attached hydrogen (secondary N) is 2. The van der Waals surface area contributed by atoms with Gasteiger partial charge in [-0.3, -0.25) is 24.6 Å². The lowest BCUT2D eigenvalue weighted by Gasteiger charge is -2.19. The molecule has 2 rings (SSSR count). The fourth-order valence-corrected chi connectivity index (χ4v) is 2.95. The number of hydroxylamine groups is 2. The van der Waals surface area contributed by atoms with Gasteiger partial charge in [0, 0.05) is 11.6 Å². The summed E-state index contributed by atoms with van der Waals surface area (Å²) in [5.74, 6) is -1.21. The molecule has 8 heteroatoms. The first-order chi connectivity index (χ1) is 13.6. The van der Waals surface area contributed by atoms with E-state index in [-0.39, 0.29) is 31.4 Å². The summed E-state index contributed by atoms with van der Waals surface area (Å²) in [5, 5.41) is 16.0. The summed E-state index contributed by atoms with van der Waals surface area (Å²) in [7, 11) is 0. The van der Waals surface area contributed by atoms with E-state index in [0.29, 0.717) is 22.6 Å². The van der Waals surface area contributed by atoms with E-state index >= 15 is 0 Å². The summed E-state index contributed by atoms with van der Waals surface area (Å²) < 4.78 is 0. The van der Waals surface area contributed by atoms with E-state index in [0.717, 1.165) is 24.6 Å². The topological polar surface area (TPSA) is 112 Å². The number of rotatable bonds is 11. The number of fused-ring (bicyclic) bond motifs is 1. The maximum Gasteiger partial charge on any atom is 0.254 e. The van der Waals surface area contributed by atoms with Gasteiger partial charge >= 0.3 is 0 Å². The third-order valence-corrected chi connectivity index (χ3v) is 4.44. The van der Waals surface area contributed by atoms with Crippen molar-refractivity contribution in [3.63, 3.8) is 0 Å². The first-order valence-electron chi connectivity index (χ1n) is 9.37. The van der Waals surface area contributed by atoms with E-state index < -0.39 is 5.92 Å². The van der Waals surface area contributed by atoms with E-state index in [2.05, 4.69) is 22.5 Å². The van der Waals surface area contributed by atoms with E-state index in [1.54, 1.807) is 24.4 Å². The molecule has 1 aromatic heterocycles. The van der Waals surface area contributed by atoms with Gasteiger partial charge in [-0.25, -0.2) is 5.06 Å². The van der Waals surface area contributed by atoms with Crippen LogP contribution >= 0.6 is 0 Å². The minimum Gasteiger partial charge on any atom is -0.338 e. The standard InChI is InChI=1S/C20H26N4O4/c1-2-3-4-7-16(12-24(28)14-25)19(26)22-13-23-20(27)17-10-5-8-15-9-6-11-21-18(15)17/h5-6,8-11,14,16,28H,2-4,7,12-13H2,1H3,(H,22,26)(H,23,27)/t16-/m0/s1. The molecule has 3 amide bonds. The molecule has 0 aliphatic rings. The highest BCUT2D eigenvalue weighted by Crippen LogP contribution is 2.15. The molecule has 0 unspecified atom stereocenters. The molecule has 1 heterocycles. The Kier molecular flexibility index (Phi) is 8.36. The number of unbranched alkanes of at least 4 members (excludes halogenated alkanes) is 2. The summed E-state index contributed by atoms with van der Waals surface area (Å²) in [4.78, 5) is 39.7. The van der Waals surface area contributed by atoms with Gasteiger partial charge in [0.15, 0.2) is 0 Å².